The van der Waals surface area contributed by atoms with E-state index in [2.05, 4.69) is 17.0 Å². The Morgan fingerprint density at radius 1 is 1.17 bits per heavy atom. The monoisotopic (exact) mass is 321 g/mol. The van der Waals surface area contributed by atoms with Crippen molar-refractivity contribution in [1.82, 2.24) is 9.99 Å². The first-order valence-corrected chi connectivity index (χ1v) is 8.64. The zero-order chi connectivity index (χ0) is 16.8. The second-order valence-electron chi connectivity index (χ2n) is 6.15. The molecular formula is C20H23N3O. The van der Waals surface area contributed by atoms with Crippen molar-refractivity contribution in [2.75, 3.05) is 0 Å². The first-order valence-electron chi connectivity index (χ1n) is 8.64. The van der Waals surface area contributed by atoms with E-state index in [1.54, 1.807) is 11.2 Å². The Kier molecular flexibility index (Phi) is 5.36. The minimum atomic E-state index is -0.0527. The summed E-state index contributed by atoms with van der Waals surface area (Å²) in [5, 5.41) is 6.31. The highest BCUT2D eigenvalue weighted by Crippen LogP contribution is 2.32. The summed E-state index contributed by atoms with van der Waals surface area (Å²) in [6, 6.07) is 13.2. The molecule has 2 aromatic rings. The van der Waals surface area contributed by atoms with E-state index in [0.29, 0.717) is 5.56 Å². The van der Waals surface area contributed by atoms with Crippen LogP contribution in [-0.2, 0) is 0 Å². The van der Waals surface area contributed by atoms with Gasteiger partial charge in [-0.2, -0.15) is 5.10 Å². The van der Waals surface area contributed by atoms with E-state index in [0.717, 1.165) is 30.5 Å². The van der Waals surface area contributed by atoms with Crippen molar-refractivity contribution >= 4 is 11.6 Å². The lowest BCUT2D eigenvalue weighted by atomic mass is 10.0. The largest absolute Gasteiger partial charge is 0.274 e. The fourth-order valence-electron chi connectivity index (χ4n) is 3.04. The zero-order valence-corrected chi connectivity index (χ0v) is 14.1. The molecule has 0 saturated heterocycles. The molecule has 0 spiro atoms. The maximum atomic E-state index is 12.9. The summed E-state index contributed by atoms with van der Waals surface area (Å²) in [5.41, 5.74) is 2.82. The van der Waals surface area contributed by atoms with Gasteiger partial charge in [-0.3, -0.25) is 9.78 Å². The molecule has 0 aliphatic carbocycles. The number of hydrogen-bond donors (Lipinski definition) is 0. The minimum Gasteiger partial charge on any atom is -0.267 e. The van der Waals surface area contributed by atoms with Crippen LogP contribution in [0.4, 0.5) is 0 Å². The summed E-state index contributed by atoms with van der Waals surface area (Å²) in [5.74, 6) is -0.0463. The molecular weight excluding hydrogens is 298 g/mol. The lowest BCUT2D eigenvalue weighted by molar-refractivity contribution is 0.0711. The molecule has 4 nitrogen and oxygen atoms in total. The molecule has 0 saturated carbocycles. The Bertz CT molecular complexity index is 697. The third kappa shape index (κ3) is 3.70. The number of hydrogen-bond acceptors (Lipinski definition) is 3. The molecule has 0 radical (unpaired) electrons. The van der Waals surface area contributed by atoms with Gasteiger partial charge in [-0.15, -0.1) is 0 Å². The summed E-state index contributed by atoms with van der Waals surface area (Å²) in [4.78, 5) is 17.1. The van der Waals surface area contributed by atoms with Gasteiger partial charge in [0.1, 0.15) is 0 Å². The molecule has 1 aliphatic rings. The number of carbonyl (C=O) groups is 1. The van der Waals surface area contributed by atoms with E-state index in [9.17, 15) is 4.79 Å². The summed E-state index contributed by atoms with van der Waals surface area (Å²) >= 11 is 0. The third-order valence-corrected chi connectivity index (χ3v) is 4.34. The Morgan fingerprint density at radius 2 is 2.00 bits per heavy atom. The van der Waals surface area contributed by atoms with Crippen LogP contribution in [-0.4, -0.2) is 21.6 Å². The molecule has 1 aliphatic heterocycles. The van der Waals surface area contributed by atoms with Crippen LogP contribution in [0.15, 0.2) is 60.0 Å². The number of rotatable bonds is 6. The predicted molar refractivity (Wildman–Crippen MR) is 95.8 cm³/mol. The van der Waals surface area contributed by atoms with E-state index < -0.39 is 0 Å². The third-order valence-electron chi connectivity index (χ3n) is 4.34. The van der Waals surface area contributed by atoms with Crippen LogP contribution < -0.4 is 0 Å². The van der Waals surface area contributed by atoms with Crippen molar-refractivity contribution in [1.29, 1.82) is 0 Å². The second-order valence-corrected chi connectivity index (χ2v) is 6.15. The highest BCUT2D eigenvalue weighted by Gasteiger charge is 2.32. The molecule has 4 heteroatoms. The second kappa shape index (κ2) is 7.86. The average Bonchev–Trinajstić information content (AvgIpc) is 3.07. The Hall–Kier alpha value is -2.49. The molecule has 124 valence electrons. The number of hydrazone groups is 1. The quantitative estimate of drug-likeness (QED) is 0.730. The number of nitrogens with zero attached hydrogens (tertiary/aromatic N) is 3. The van der Waals surface area contributed by atoms with Gasteiger partial charge in [-0.1, -0.05) is 44.0 Å². The van der Waals surface area contributed by atoms with Gasteiger partial charge < -0.3 is 0 Å². The highest BCUT2D eigenvalue weighted by atomic mass is 16.2. The molecule has 1 atom stereocenters. The van der Waals surface area contributed by atoms with E-state index in [4.69, 9.17) is 0 Å². The standard InChI is InChI=1S/C20H23N3O/c1-2-3-5-12-18-14-19(17-11-8-13-21-15-17)23(22-18)20(24)16-9-6-4-7-10-16/h4,6-11,13,15,19H,2-3,5,12,14H2,1H3. The SMILES string of the molecule is CCCCCC1=NN(C(=O)c2ccccc2)C(c2cccnc2)C1. The predicted octanol–water partition coefficient (Wildman–Crippen LogP) is 4.61. The van der Waals surface area contributed by atoms with Gasteiger partial charge >= 0.3 is 0 Å². The molecule has 0 fully saturated rings. The summed E-state index contributed by atoms with van der Waals surface area (Å²) in [6.45, 7) is 2.19. The van der Waals surface area contributed by atoms with Crippen molar-refractivity contribution < 1.29 is 4.79 Å². The van der Waals surface area contributed by atoms with E-state index in [-0.39, 0.29) is 11.9 Å². The molecule has 1 aromatic carbocycles. The summed E-state index contributed by atoms with van der Waals surface area (Å²) in [6.07, 6.45) is 8.86. The van der Waals surface area contributed by atoms with Gasteiger partial charge in [-0.05, 0) is 36.6 Å². The van der Waals surface area contributed by atoms with E-state index in [1.807, 2.05) is 48.7 Å². The van der Waals surface area contributed by atoms with Gasteiger partial charge in [0.15, 0.2) is 0 Å². The molecule has 3 rings (SSSR count). The van der Waals surface area contributed by atoms with Crippen LogP contribution in [0.5, 0.6) is 0 Å². The summed E-state index contributed by atoms with van der Waals surface area (Å²) < 4.78 is 0. The fourth-order valence-corrected chi connectivity index (χ4v) is 3.04. The fraction of sp³-hybridized carbons (Fsp3) is 0.350. The number of benzene rings is 1. The normalized spacial score (nSPS) is 17.0. The Labute approximate surface area is 143 Å². The molecule has 0 bridgehead atoms. The number of carbonyl (C=O) groups excluding carboxylic acids is 1. The van der Waals surface area contributed by atoms with Crippen LogP contribution in [0.25, 0.3) is 0 Å². The van der Waals surface area contributed by atoms with Crippen molar-refractivity contribution in [3.05, 3.63) is 66.0 Å². The van der Waals surface area contributed by atoms with Crippen LogP contribution in [0.3, 0.4) is 0 Å². The van der Waals surface area contributed by atoms with Crippen molar-refractivity contribution in [2.24, 2.45) is 5.10 Å². The van der Waals surface area contributed by atoms with Crippen molar-refractivity contribution in [3.8, 4) is 0 Å². The van der Waals surface area contributed by atoms with Gasteiger partial charge in [0.2, 0.25) is 0 Å². The molecule has 1 aromatic heterocycles. The smallest absolute Gasteiger partial charge is 0.267 e. The van der Waals surface area contributed by atoms with Crippen molar-refractivity contribution in [3.63, 3.8) is 0 Å². The first kappa shape index (κ1) is 16.4. The Morgan fingerprint density at radius 3 is 2.71 bits per heavy atom. The van der Waals surface area contributed by atoms with Crippen LogP contribution in [0, 0.1) is 0 Å². The average molecular weight is 321 g/mol. The lowest BCUT2D eigenvalue weighted by Gasteiger charge is -2.21. The van der Waals surface area contributed by atoms with Crippen LogP contribution >= 0.6 is 0 Å². The van der Waals surface area contributed by atoms with Gasteiger partial charge in [0.05, 0.1) is 6.04 Å². The van der Waals surface area contributed by atoms with Gasteiger partial charge in [0.25, 0.3) is 5.91 Å². The molecule has 0 N–H and O–H groups in total. The van der Waals surface area contributed by atoms with Crippen molar-refractivity contribution in [2.45, 2.75) is 45.1 Å². The molecule has 2 heterocycles. The van der Waals surface area contributed by atoms with Crippen LogP contribution in [0.2, 0.25) is 0 Å². The number of pyridine rings is 1. The van der Waals surface area contributed by atoms with Gasteiger partial charge in [0, 0.05) is 30.1 Å². The highest BCUT2D eigenvalue weighted by molar-refractivity contribution is 5.97. The van der Waals surface area contributed by atoms with Crippen LogP contribution in [0.1, 0.15) is 61.0 Å². The number of unbranched alkanes of at least 4 members (excludes halogenated alkanes) is 2. The maximum absolute atomic E-state index is 12.9. The van der Waals surface area contributed by atoms with E-state index >= 15 is 0 Å². The van der Waals surface area contributed by atoms with Gasteiger partial charge in [-0.25, -0.2) is 5.01 Å². The lowest BCUT2D eigenvalue weighted by Crippen LogP contribution is -2.27. The molecule has 1 amide bonds. The molecule has 1 unspecified atom stereocenters. The Balaban J connectivity index is 1.84. The number of amides is 1. The zero-order valence-electron chi connectivity index (χ0n) is 14.1. The maximum Gasteiger partial charge on any atom is 0.274 e. The number of aromatic nitrogens is 1. The first-order chi connectivity index (χ1) is 11.8. The molecule has 24 heavy (non-hydrogen) atoms. The topological polar surface area (TPSA) is 45.6 Å². The minimum absolute atomic E-state index is 0.0463. The van der Waals surface area contributed by atoms with E-state index in [1.165, 1.54) is 12.8 Å². The summed E-state index contributed by atoms with van der Waals surface area (Å²) in [7, 11) is 0.